The molecular formula is C30H34N2O4. The van der Waals surface area contributed by atoms with E-state index in [2.05, 4.69) is 46.2 Å². The van der Waals surface area contributed by atoms with Crippen LogP contribution in [0.5, 0.6) is 11.5 Å². The summed E-state index contributed by atoms with van der Waals surface area (Å²) in [6.45, 7) is 6.24. The van der Waals surface area contributed by atoms with Gasteiger partial charge in [0.2, 0.25) is 0 Å². The Morgan fingerprint density at radius 1 is 0.917 bits per heavy atom. The SMILES string of the molecule is CC=C[C@H](CC(=O)O)c1ccc(OCc2cccc(N3CCN(c4ccc(OC)cc4)CC3)c2)cc1. The third-order valence-corrected chi connectivity index (χ3v) is 6.53. The number of hydrogen-bond acceptors (Lipinski definition) is 5. The summed E-state index contributed by atoms with van der Waals surface area (Å²) in [5.74, 6) is 0.707. The number of carboxylic acids is 1. The van der Waals surface area contributed by atoms with Crippen molar-refractivity contribution in [3.8, 4) is 11.5 Å². The summed E-state index contributed by atoms with van der Waals surface area (Å²) in [4.78, 5) is 16.0. The molecule has 1 aliphatic heterocycles. The maximum Gasteiger partial charge on any atom is 0.304 e. The number of allylic oxidation sites excluding steroid dienone is 2. The van der Waals surface area contributed by atoms with Crippen LogP contribution in [0.3, 0.4) is 0 Å². The second-order valence-corrected chi connectivity index (χ2v) is 8.93. The lowest BCUT2D eigenvalue weighted by molar-refractivity contribution is -0.137. The first-order valence-corrected chi connectivity index (χ1v) is 12.4. The van der Waals surface area contributed by atoms with Crippen LogP contribution in [0.2, 0.25) is 0 Å². The zero-order valence-corrected chi connectivity index (χ0v) is 21.0. The van der Waals surface area contributed by atoms with Crippen molar-refractivity contribution < 1.29 is 19.4 Å². The van der Waals surface area contributed by atoms with Gasteiger partial charge < -0.3 is 24.4 Å². The standard InChI is InChI=1S/C30H34N2O4/c1-3-5-25(21-30(33)34)24-8-12-29(13-9-24)36-22-23-6-4-7-27(20-23)32-18-16-31(17-19-32)26-10-14-28(35-2)15-11-26/h3-15,20,25H,16-19,21-22H2,1-2H3,(H,33,34)/t25-/m1/s1. The lowest BCUT2D eigenvalue weighted by Crippen LogP contribution is -2.46. The second kappa shape index (κ2) is 12.2. The van der Waals surface area contributed by atoms with E-state index in [1.165, 1.54) is 11.4 Å². The molecule has 6 nitrogen and oxygen atoms in total. The predicted octanol–water partition coefficient (Wildman–Crippen LogP) is 5.74. The average Bonchev–Trinajstić information content (AvgIpc) is 2.92. The summed E-state index contributed by atoms with van der Waals surface area (Å²) in [5.41, 5.74) is 4.53. The van der Waals surface area contributed by atoms with Crippen LogP contribution in [0.4, 0.5) is 11.4 Å². The maximum absolute atomic E-state index is 11.2. The number of hydrogen-bond donors (Lipinski definition) is 1. The minimum atomic E-state index is -0.805. The predicted molar refractivity (Wildman–Crippen MR) is 144 cm³/mol. The molecule has 3 aromatic rings. The summed E-state index contributed by atoms with van der Waals surface area (Å²) in [6.07, 6.45) is 3.89. The summed E-state index contributed by atoms with van der Waals surface area (Å²) >= 11 is 0. The molecule has 3 aromatic carbocycles. The van der Waals surface area contributed by atoms with Crippen LogP contribution in [-0.4, -0.2) is 44.4 Å². The number of ether oxygens (including phenoxy) is 2. The molecule has 0 bridgehead atoms. The highest BCUT2D eigenvalue weighted by Gasteiger charge is 2.18. The van der Waals surface area contributed by atoms with E-state index in [0.717, 1.165) is 48.8 Å². The van der Waals surface area contributed by atoms with Crippen LogP contribution in [-0.2, 0) is 11.4 Å². The molecule has 1 atom stereocenters. The highest BCUT2D eigenvalue weighted by molar-refractivity contribution is 5.68. The first-order valence-electron chi connectivity index (χ1n) is 12.4. The van der Waals surface area contributed by atoms with Crippen LogP contribution in [0.15, 0.2) is 84.9 Å². The van der Waals surface area contributed by atoms with Crippen molar-refractivity contribution in [2.75, 3.05) is 43.1 Å². The van der Waals surface area contributed by atoms with E-state index in [4.69, 9.17) is 14.6 Å². The lowest BCUT2D eigenvalue weighted by atomic mass is 9.95. The summed E-state index contributed by atoms with van der Waals surface area (Å²) in [6, 6.07) is 24.5. The number of methoxy groups -OCH3 is 1. The maximum atomic E-state index is 11.2. The van der Waals surface area contributed by atoms with E-state index >= 15 is 0 Å². The van der Waals surface area contributed by atoms with Crippen molar-refractivity contribution in [3.05, 3.63) is 96.1 Å². The van der Waals surface area contributed by atoms with Crippen LogP contribution >= 0.6 is 0 Å². The van der Waals surface area contributed by atoms with Gasteiger partial charge in [0.15, 0.2) is 0 Å². The average molecular weight is 487 g/mol. The van der Waals surface area contributed by atoms with Crippen molar-refractivity contribution >= 4 is 17.3 Å². The zero-order valence-electron chi connectivity index (χ0n) is 21.0. The molecule has 1 N–H and O–H groups in total. The molecule has 1 heterocycles. The van der Waals surface area contributed by atoms with Crippen LogP contribution in [0.1, 0.15) is 30.4 Å². The largest absolute Gasteiger partial charge is 0.497 e. The number of anilines is 2. The van der Waals surface area contributed by atoms with Crippen molar-refractivity contribution in [1.29, 1.82) is 0 Å². The monoisotopic (exact) mass is 486 g/mol. The fourth-order valence-electron chi connectivity index (χ4n) is 4.55. The first kappa shape index (κ1) is 25.2. The number of carbonyl (C=O) groups is 1. The molecule has 0 aromatic heterocycles. The van der Waals surface area contributed by atoms with Gasteiger partial charge in [0.1, 0.15) is 18.1 Å². The van der Waals surface area contributed by atoms with E-state index in [-0.39, 0.29) is 12.3 Å². The van der Waals surface area contributed by atoms with Gasteiger partial charge in [-0.1, -0.05) is 36.4 Å². The van der Waals surface area contributed by atoms with Crippen molar-refractivity contribution in [3.63, 3.8) is 0 Å². The van der Waals surface area contributed by atoms with Crippen LogP contribution in [0.25, 0.3) is 0 Å². The third-order valence-electron chi connectivity index (χ3n) is 6.53. The molecule has 36 heavy (non-hydrogen) atoms. The number of benzene rings is 3. The van der Waals surface area contributed by atoms with Gasteiger partial charge >= 0.3 is 5.97 Å². The Labute approximate surface area is 213 Å². The zero-order chi connectivity index (χ0) is 25.3. The van der Waals surface area contributed by atoms with Gasteiger partial charge in [-0.2, -0.15) is 0 Å². The molecule has 1 saturated heterocycles. The van der Waals surface area contributed by atoms with Gasteiger partial charge in [0.05, 0.1) is 13.5 Å². The molecule has 1 aliphatic rings. The fraction of sp³-hybridized carbons (Fsp3) is 0.300. The van der Waals surface area contributed by atoms with E-state index < -0.39 is 5.97 Å². The number of piperazine rings is 1. The van der Waals surface area contributed by atoms with Crippen LogP contribution in [0, 0.1) is 0 Å². The quantitative estimate of drug-likeness (QED) is 0.369. The molecule has 188 valence electrons. The Balaban J connectivity index is 1.32. The normalized spacial score (nSPS) is 14.6. The number of aliphatic carboxylic acids is 1. The summed E-state index contributed by atoms with van der Waals surface area (Å²) in [7, 11) is 1.69. The molecule has 0 aliphatic carbocycles. The molecule has 0 radical (unpaired) electrons. The highest BCUT2D eigenvalue weighted by atomic mass is 16.5. The van der Waals surface area contributed by atoms with Crippen molar-refractivity contribution in [2.45, 2.75) is 25.9 Å². The van der Waals surface area contributed by atoms with E-state index in [0.29, 0.717) is 6.61 Å². The molecule has 6 heteroatoms. The van der Waals surface area contributed by atoms with Gasteiger partial charge in [0, 0.05) is 43.5 Å². The Bertz CT molecular complexity index is 1150. The molecule has 0 unspecified atom stereocenters. The summed E-state index contributed by atoms with van der Waals surface area (Å²) in [5, 5.41) is 9.17. The Morgan fingerprint density at radius 2 is 1.56 bits per heavy atom. The van der Waals surface area contributed by atoms with E-state index in [1.54, 1.807) is 7.11 Å². The van der Waals surface area contributed by atoms with Gasteiger partial charge in [-0.15, -0.1) is 0 Å². The molecule has 0 saturated carbocycles. The molecule has 4 rings (SSSR count). The highest BCUT2D eigenvalue weighted by Crippen LogP contribution is 2.26. The number of carboxylic acid groups (broad SMARTS) is 1. The van der Waals surface area contributed by atoms with E-state index in [9.17, 15) is 4.79 Å². The van der Waals surface area contributed by atoms with Crippen molar-refractivity contribution in [2.24, 2.45) is 0 Å². The smallest absolute Gasteiger partial charge is 0.304 e. The minimum Gasteiger partial charge on any atom is -0.497 e. The Hall–Kier alpha value is -3.93. The van der Waals surface area contributed by atoms with Gasteiger partial charge in [-0.05, 0) is 66.6 Å². The van der Waals surface area contributed by atoms with Gasteiger partial charge in [-0.25, -0.2) is 0 Å². The summed E-state index contributed by atoms with van der Waals surface area (Å²) < 4.78 is 11.3. The molecule has 0 spiro atoms. The molecule has 1 fully saturated rings. The molecular weight excluding hydrogens is 452 g/mol. The van der Waals surface area contributed by atoms with Crippen molar-refractivity contribution in [1.82, 2.24) is 0 Å². The first-order chi connectivity index (χ1) is 17.6. The van der Waals surface area contributed by atoms with E-state index in [1.807, 2.05) is 55.5 Å². The number of nitrogens with zero attached hydrogens (tertiary/aromatic N) is 2. The Morgan fingerprint density at radius 3 is 2.17 bits per heavy atom. The topological polar surface area (TPSA) is 62.2 Å². The molecule has 0 amide bonds. The minimum absolute atomic E-state index is 0.0751. The van der Waals surface area contributed by atoms with Crippen LogP contribution < -0.4 is 19.3 Å². The van der Waals surface area contributed by atoms with Gasteiger partial charge in [0.25, 0.3) is 0 Å². The third kappa shape index (κ3) is 6.60. The lowest BCUT2D eigenvalue weighted by Gasteiger charge is -2.37. The second-order valence-electron chi connectivity index (χ2n) is 8.93. The number of rotatable bonds is 10. The fourth-order valence-corrected chi connectivity index (χ4v) is 4.55. The van der Waals surface area contributed by atoms with Gasteiger partial charge in [-0.3, -0.25) is 4.79 Å². The Kier molecular flexibility index (Phi) is 8.50.